The Bertz CT molecular complexity index is 513. The predicted octanol–water partition coefficient (Wildman–Crippen LogP) is 2.04. The van der Waals surface area contributed by atoms with Crippen LogP contribution >= 0.6 is 11.3 Å². The lowest BCUT2D eigenvalue weighted by Gasteiger charge is -2.12. The van der Waals surface area contributed by atoms with Crippen molar-refractivity contribution in [2.75, 3.05) is 24.6 Å². The van der Waals surface area contributed by atoms with E-state index in [1.165, 1.54) is 11.3 Å². The van der Waals surface area contributed by atoms with Crippen molar-refractivity contribution in [3.63, 3.8) is 0 Å². The van der Waals surface area contributed by atoms with E-state index in [9.17, 15) is 9.59 Å². The molecule has 5 N–H and O–H groups in total. The first-order valence-corrected chi connectivity index (χ1v) is 7.96. The molecule has 0 aliphatic rings. The highest BCUT2D eigenvalue weighted by Crippen LogP contribution is 2.36. The zero-order chi connectivity index (χ0) is 16.0. The first kappa shape index (κ1) is 17.3. The minimum Gasteiger partial charge on any atom is -0.397 e. The van der Waals surface area contributed by atoms with Crippen molar-refractivity contribution in [3.8, 4) is 0 Å². The summed E-state index contributed by atoms with van der Waals surface area (Å²) in [5, 5.41) is 9.24. The van der Waals surface area contributed by atoms with E-state index in [0.29, 0.717) is 22.0 Å². The molecule has 118 valence electrons. The number of nitrogen functional groups attached to an aromatic ring is 1. The number of amides is 2. The molecule has 1 heterocycles. The summed E-state index contributed by atoms with van der Waals surface area (Å²) in [5.74, 6) is -0.522. The Morgan fingerprint density at radius 3 is 2.48 bits per heavy atom. The first-order chi connectivity index (χ1) is 9.96. The second-order valence-electron chi connectivity index (χ2n) is 4.84. The summed E-state index contributed by atoms with van der Waals surface area (Å²) in [4.78, 5) is 24.5. The fraction of sp³-hybridized carbons (Fsp3) is 0.571. The van der Waals surface area contributed by atoms with Gasteiger partial charge in [-0.15, -0.1) is 11.3 Å². The van der Waals surface area contributed by atoms with Gasteiger partial charge in [0.1, 0.15) is 9.88 Å². The van der Waals surface area contributed by atoms with Crippen LogP contribution in [0.4, 0.5) is 10.7 Å². The van der Waals surface area contributed by atoms with Crippen LogP contribution in [0, 0.1) is 0 Å². The van der Waals surface area contributed by atoms with Crippen LogP contribution in [-0.2, 0) is 0 Å². The number of rotatable bonds is 7. The van der Waals surface area contributed by atoms with Gasteiger partial charge in [-0.1, -0.05) is 13.8 Å². The fourth-order valence-electron chi connectivity index (χ4n) is 1.71. The van der Waals surface area contributed by atoms with Gasteiger partial charge in [-0.3, -0.25) is 9.59 Å². The van der Waals surface area contributed by atoms with Crippen molar-refractivity contribution in [2.45, 2.75) is 39.7 Å². The molecule has 1 unspecified atom stereocenters. The van der Waals surface area contributed by atoms with E-state index in [-0.39, 0.29) is 23.5 Å². The van der Waals surface area contributed by atoms with Gasteiger partial charge in [0.15, 0.2) is 0 Å². The molecule has 0 saturated heterocycles. The Morgan fingerprint density at radius 2 is 1.95 bits per heavy atom. The van der Waals surface area contributed by atoms with E-state index in [1.54, 1.807) is 7.05 Å². The molecule has 7 heteroatoms. The molecule has 1 atom stereocenters. The molecule has 0 aliphatic heterocycles. The maximum atomic E-state index is 12.1. The number of carbonyl (C=O) groups excluding carboxylic acids is 2. The molecule has 0 spiro atoms. The average molecular weight is 312 g/mol. The standard InChI is InChI=1S/C14H24N4O2S/c1-5-7-17-13(20)11-10(15)9(12(19)16-4)14(21-11)18-8(3)6-2/h8,18H,5-7,15H2,1-4H3,(H,16,19)(H,17,20). The highest BCUT2D eigenvalue weighted by atomic mass is 32.1. The number of carbonyl (C=O) groups is 2. The maximum absolute atomic E-state index is 12.1. The minimum atomic E-state index is -0.288. The van der Waals surface area contributed by atoms with Crippen LogP contribution < -0.4 is 21.7 Å². The van der Waals surface area contributed by atoms with E-state index < -0.39 is 0 Å². The summed E-state index contributed by atoms with van der Waals surface area (Å²) in [6.07, 6.45) is 1.75. The van der Waals surface area contributed by atoms with E-state index >= 15 is 0 Å². The molecule has 0 bridgehead atoms. The van der Waals surface area contributed by atoms with Gasteiger partial charge in [-0.25, -0.2) is 0 Å². The molecule has 0 aliphatic carbocycles. The number of hydrogen-bond acceptors (Lipinski definition) is 5. The Morgan fingerprint density at radius 1 is 1.29 bits per heavy atom. The van der Waals surface area contributed by atoms with Gasteiger partial charge in [0.25, 0.3) is 11.8 Å². The smallest absolute Gasteiger partial charge is 0.263 e. The number of thiophene rings is 1. The lowest BCUT2D eigenvalue weighted by atomic mass is 10.2. The zero-order valence-electron chi connectivity index (χ0n) is 13.0. The molecule has 1 aromatic rings. The summed E-state index contributed by atoms with van der Waals surface area (Å²) in [7, 11) is 1.54. The molecular formula is C14H24N4O2S. The van der Waals surface area contributed by atoms with Crippen molar-refractivity contribution in [2.24, 2.45) is 0 Å². The van der Waals surface area contributed by atoms with Crippen LogP contribution in [0.15, 0.2) is 0 Å². The lowest BCUT2D eigenvalue weighted by Crippen LogP contribution is -2.25. The average Bonchev–Trinajstić information content (AvgIpc) is 2.80. The minimum absolute atomic E-state index is 0.193. The van der Waals surface area contributed by atoms with Crippen molar-refractivity contribution in [3.05, 3.63) is 10.4 Å². The van der Waals surface area contributed by atoms with E-state index in [2.05, 4.69) is 16.0 Å². The molecule has 6 nitrogen and oxygen atoms in total. The molecule has 0 radical (unpaired) electrons. The SMILES string of the molecule is CCCNC(=O)c1sc(NC(C)CC)c(C(=O)NC)c1N. The summed E-state index contributed by atoms with van der Waals surface area (Å²) in [6, 6.07) is 0.193. The Hall–Kier alpha value is -1.76. The molecule has 1 aromatic heterocycles. The fourth-order valence-corrected chi connectivity index (χ4v) is 2.86. The Balaban J connectivity index is 3.17. The van der Waals surface area contributed by atoms with Crippen LogP contribution in [0.3, 0.4) is 0 Å². The Labute approximate surface area is 129 Å². The van der Waals surface area contributed by atoms with Crippen molar-refractivity contribution < 1.29 is 9.59 Å². The maximum Gasteiger partial charge on any atom is 0.263 e. The predicted molar refractivity (Wildman–Crippen MR) is 88.1 cm³/mol. The van der Waals surface area contributed by atoms with Gasteiger partial charge < -0.3 is 21.7 Å². The topological polar surface area (TPSA) is 96.2 Å². The van der Waals surface area contributed by atoms with Crippen molar-refractivity contribution in [1.82, 2.24) is 10.6 Å². The lowest BCUT2D eigenvalue weighted by molar-refractivity contribution is 0.0957. The highest BCUT2D eigenvalue weighted by molar-refractivity contribution is 7.19. The molecular weight excluding hydrogens is 288 g/mol. The van der Waals surface area contributed by atoms with Gasteiger partial charge in [-0.05, 0) is 19.8 Å². The van der Waals surface area contributed by atoms with Gasteiger partial charge in [0.2, 0.25) is 0 Å². The summed E-state index contributed by atoms with van der Waals surface area (Å²) < 4.78 is 0. The highest BCUT2D eigenvalue weighted by Gasteiger charge is 2.25. The quantitative estimate of drug-likeness (QED) is 0.619. The van der Waals surface area contributed by atoms with Crippen LogP contribution in [0.5, 0.6) is 0 Å². The third-order valence-corrected chi connectivity index (χ3v) is 4.27. The van der Waals surface area contributed by atoms with Crippen LogP contribution in [-0.4, -0.2) is 31.4 Å². The van der Waals surface area contributed by atoms with E-state index in [1.807, 2.05) is 20.8 Å². The van der Waals surface area contributed by atoms with Crippen LogP contribution in [0.25, 0.3) is 0 Å². The monoisotopic (exact) mass is 312 g/mol. The number of anilines is 2. The molecule has 21 heavy (non-hydrogen) atoms. The molecule has 0 aromatic carbocycles. The Kier molecular flexibility index (Phi) is 6.48. The van der Waals surface area contributed by atoms with Crippen molar-refractivity contribution in [1.29, 1.82) is 0 Å². The van der Waals surface area contributed by atoms with Crippen LogP contribution in [0.1, 0.15) is 53.6 Å². The third-order valence-electron chi connectivity index (χ3n) is 3.13. The summed E-state index contributed by atoms with van der Waals surface area (Å²) >= 11 is 1.22. The van der Waals surface area contributed by atoms with Gasteiger partial charge in [0.05, 0.1) is 11.3 Å². The summed E-state index contributed by atoms with van der Waals surface area (Å²) in [5.41, 5.74) is 6.61. The largest absolute Gasteiger partial charge is 0.397 e. The molecule has 2 amide bonds. The molecule has 1 rings (SSSR count). The number of nitrogens with one attached hydrogen (secondary N) is 3. The second kappa shape index (κ2) is 7.87. The van der Waals surface area contributed by atoms with Crippen molar-refractivity contribution >= 4 is 33.8 Å². The first-order valence-electron chi connectivity index (χ1n) is 7.15. The zero-order valence-corrected chi connectivity index (χ0v) is 13.8. The molecule has 0 saturated carbocycles. The number of hydrogen-bond donors (Lipinski definition) is 4. The van der Waals surface area contributed by atoms with E-state index in [0.717, 1.165) is 12.8 Å². The van der Waals surface area contributed by atoms with Gasteiger partial charge in [0, 0.05) is 19.6 Å². The van der Waals surface area contributed by atoms with E-state index in [4.69, 9.17) is 5.73 Å². The normalized spacial score (nSPS) is 11.8. The van der Waals surface area contributed by atoms with Gasteiger partial charge in [-0.2, -0.15) is 0 Å². The third kappa shape index (κ3) is 4.10. The van der Waals surface area contributed by atoms with Gasteiger partial charge >= 0.3 is 0 Å². The second-order valence-corrected chi connectivity index (χ2v) is 5.86. The summed E-state index contributed by atoms with van der Waals surface area (Å²) in [6.45, 7) is 6.62. The molecule has 0 fully saturated rings. The number of nitrogens with two attached hydrogens (primary N) is 1. The van der Waals surface area contributed by atoms with Crippen LogP contribution in [0.2, 0.25) is 0 Å².